The van der Waals surface area contributed by atoms with Gasteiger partial charge in [-0.25, -0.2) is 0 Å². The Balaban J connectivity index is 2.70. The van der Waals surface area contributed by atoms with E-state index in [9.17, 15) is 4.79 Å². The normalized spacial score (nSPS) is 13.6. The first kappa shape index (κ1) is 7.53. The van der Waals surface area contributed by atoms with E-state index in [2.05, 4.69) is 20.3 Å². The highest BCUT2D eigenvalue weighted by Gasteiger charge is 2.27. The smallest absolute Gasteiger partial charge is 0.346 e. The van der Waals surface area contributed by atoms with Crippen molar-refractivity contribution in [2.24, 2.45) is 0 Å². The fraction of sp³-hybridized carbons (Fsp3) is 0. The standard InChI is InChI=1S/C5H4IN5O/c6-4-8-1-2(9-4)10-5(7)11-3(1)12/h8H,(H3,7,10,11,12)/q+1. The molecule has 0 aromatic carbocycles. The lowest BCUT2D eigenvalue weighted by Gasteiger charge is -1.88. The zero-order chi connectivity index (χ0) is 8.72. The van der Waals surface area contributed by atoms with E-state index < -0.39 is 0 Å². The van der Waals surface area contributed by atoms with Crippen LogP contribution < -0.4 is 21.6 Å². The molecular formula is C5H4IN5O+. The molecule has 4 N–H and O–H groups in total. The molecule has 0 bridgehead atoms. The van der Waals surface area contributed by atoms with E-state index in [-0.39, 0.29) is 11.5 Å². The summed E-state index contributed by atoms with van der Waals surface area (Å²) in [5, 5.41) is 2.77. The molecule has 0 unspecified atom stereocenters. The quantitative estimate of drug-likeness (QED) is 0.441. The average Bonchev–Trinajstić information content (AvgIpc) is 2.29. The van der Waals surface area contributed by atoms with E-state index in [0.717, 1.165) is 0 Å². The molecule has 0 aliphatic carbocycles. The van der Waals surface area contributed by atoms with E-state index in [0.29, 0.717) is 15.3 Å². The van der Waals surface area contributed by atoms with Gasteiger partial charge in [-0.3, -0.25) is 15.1 Å². The van der Waals surface area contributed by atoms with Crippen LogP contribution in [0.3, 0.4) is 0 Å². The molecule has 0 saturated heterocycles. The van der Waals surface area contributed by atoms with Gasteiger partial charge in [0.2, 0.25) is 5.69 Å². The molecule has 1 radical (unpaired) electrons. The molecule has 6 nitrogen and oxygen atoms in total. The number of anilines is 2. The first-order valence-electron chi connectivity index (χ1n) is 3.08. The molecular weight excluding hydrogens is 273 g/mol. The Morgan fingerprint density at radius 2 is 2.33 bits per heavy atom. The third kappa shape index (κ3) is 1.05. The Labute approximate surface area is 80.4 Å². The lowest BCUT2D eigenvalue weighted by atomic mass is 10.5. The summed E-state index contributed by atoms with van der Waals surface area (Å²) in [7, 11) is 0. The van der Waals surface area contributed by atoms with Crippen LogP contribution in [0.25, 0.3) is 0 Å². The molecule has 0 fully saturated rings. The number of rotatable bonds is 0. The maximum Gasteiger partial charge on any atom is 0.346 e. The molecule has 0 amide bonds. The van der Waals surface area contributed by atoms with Gasteiger partial charge in [0.05, 0.1) is 0 Å². The molecule has 0 atom stereocenters. The molecule has 2 heterocycles. The summed E-state index contributed by atoms with van der Waals surface area (Å²) < 4.78 is 0.617. The number of aromatic amines is 1. The number of H-pyrrole nitrogens is 1. The second-order valence-corrected chi connectivity index (χ2v) is 3.20. The highest BCUT2D eigenvalue weighted by atomic mass is 127. The van der Waals surface area contributed by atoms with E-state index >= 15 is 0 Å². The topological polar surface area (TPSA) is 97.9 Å². The molecule has 1 aromatic rings. The average molecular weight is 277 g/mol. The Morgan fingerprint density at radius 3 is 3.08 bits per heavy atom. The van der Waals surface area contributed by atoms with Gasteiger partial charge in [-0.05, 0) is 0 Å². The molecule has 1 aromatic heterocycles. The first-order chi connectivity index (χ1) is 5.66. The number of hydrogen-bond acceptors (Lipinski definition) is 5. The number of nitrogens with zero attached hydrogens (tertiary/aromatic N) is 2. The van der Waals surface area contributed by atoms with Crippen LogP contribution in [-0.2, 0) is 0 Å². The minimum atomic E-state index is -0.298. The molecule has 12 heavy (non-hydrogen) atoms. The number of fused-ring (bicyclic) bond motifs is 1. The van der Waals surface area contributed by atoms with Crippen LogP contribution in [0.15, 0.2) is 4.79 Å². The molecule has 0 spiro atoms. The van der Waals surface area contributed by atoms with E-state index in [4.69, 9.17) is 5.73 Å². The van der Waals surface area contributed by atoms with Gasteiger partial charge in [-0.2, -0.15) is 0 Å². The SMILES string of the molecule is Nc1nc2c(c(=O)[nH]1)NC(I)=[N+]2. The monoisotopic (exact) mass is 277 g/mol. The number of nitrogen functional groups attached to an aromatic ring is 1. The van der Waals surface area contributed by atoms with Gasteiger partial charge in [0.15, 0.2) is 0 Å². The summed E-state index contributed by atoms with van der Waals surface area (Å²) in [5.41, 5.74) is 5.37. The molecule has 7 heteroatoms. The zero-order valence-electron chi connectivity index (χ0n) is 5.76. The van der Waals surface area contributed by atoms with Gasteiger partial charge in [0.1, 0.15) is 0 Å². The fourth-order valence-electron chi connectivity index (χ4n) is 0.896. The summed E-state index contributed by atoms with van der Waals surface area (Å²) in [6.45, 7) is 0. The van der Waals surface area contributed by atoms with Gasteiger partial charge < -0.3 is 5.73 Å². The van der Waals surface area contributed by atoms with Crippen LogP contribution >= 0.6 is 22.6 Å². The number of amidine groups is 1. The minimum absolute atomic E-state index is 0.0791. The molecule has 1 aliphatic heterocycles. The van der Waals surface area contributed by atoms with E-state index in [1.807, 2.05) is 22.6 Å². The van der Waals surface area contributed by atoms with Crippen molar-refractivity contribution in [3.63, 3.8) is 0 Å². The van der Waals surface area contributed by atoms with Crippen LogP contribution in [0.2, 0.25) is 0 Å². The highest BCUT2D eigenvalue weighted by molar-refractivity contribution is 14.1. The maximum atomic E-state index is 11.2. The summed E-state index contributed by atoms with van der Waals surface area (Å²) in [6, 6.07) is 0. The first-order valence-corrected chi connectivity index (χ1v) is 4.15. The lowest BCUT2D eigenvalue weighted by molar-refractivity contribution is 1.12. The predicted molar refractivity (Wildman–Crippen MR) is 53.7 cm³/mol. The van der Waals surface area contributed by atoms with Gasteiger partial charge in [0, 0.05) is 22.6 Å². The molecule has 0 saturated carbocycles. The maximum absolute atomic E-state index is 11.2. The number of hydrogen-bond donors (Lipinski definition) is 3. The van der Waals surface area contributed by atoms with Crippen LogP contribution in [0.4, 0.5) is 17.5 Å². The van der Waals surface area contributed by atoms with Crippen molar-refractivity contribution in [3.8, 4) is 0 Å². The van der Waals surface area contributed by atoms with Crippen LogP contribution in [-0.4, -0.2) is 13.8 Å². The highest BCUT2D eigenvalue weighted by Crippen LogP contribution is 2.18. The summed E-state index contributed by atoms with van der Waals surface area (Å²) in [6.07, 6.45) is 0. The minimum Gasteiger partial charge on any atom is -0.355 e. The summed E-state index contributed by atoms with van der Waals surface area (Å²) in [5.74, 6) is 0.427. The van der Waals surface area contributed by atoms with Crippen LogP contribution in [0, 0.1) is 0 Å². The number of aliphatic imine (C=N–C) groups is 1. The number of nitrogens with two attached hydrogens (primary N) is 1. The number of nitrogens with one attached hydrogen (secondary N) is 2. The number of aromatic nitrogens is 2. The number of halogens is 1. The second kappa shape index (κ2) is 2.44. The largest absolute Gasteiger partial charge is 0.355 e. The van der Waals surface area contributed by atoms with Gasteiger partial charge in [0.25, 0.3) is 15.3 Å². The van der Waals surface area contributed by atoms with Crippen LogP contribution in [0.5, 0.6) is 0 Å². The van der Waals surface area contributed by atoms with Gasteiger partial charge >= 0.3 is 5.82 Å². The molecule has 1 aliphatic rings. The Bertz CT molecular complexity index is 422. The van der Waals surface area contributed by atoms with Gasteiger partial charge in [-0.1, -0.05) is 9.98 Å². The van der Waals surface area contributed by atoms with E-state index in [1.165, 1.54) is 0 Å². The zero-order valence-corrected chi connectivity index (χ0v) is 7.92. The third-order valence-corrected chi connectivity index (χ3v) is 1.86. The van der Waals surface area contributed by atoms with Crippen molar-refractivity contribution in [3.05, 3.63) is 10.4 Å². The van der Waals surface area contributed by atoms with Crippen molar-refractivity contribution in [2.45, 2.75) is 0 Å². The Morgan fingerprint density at radius 1 is 1.58 bits per heavy atom. The molecule has 61 valence electrons. The van der Waals surface area contributed by atoms with Crippen molar-refractivity contribution >= 4 is 43.9 Å². The summed E-state index contributed by atoms with van der Waals surface area (Å²) in [4.78, 5) is 21.3. The van der Waals surface area contributed by atoms with Gasteiger partial charge in [-0.15, -0.1) is 0 Å². The Hall–Kier alpha value is -1.12. The lowest BCUT2D eigenvalue weighted by Crippen LogP contribution is -2.14. The Kier molecular flexibility index (Phi) is 1.53. The molecule has 2 rings (SSSR count). The van der Waals surface area contributed by atoms with Crippen LogP contribution in [0.1, 0.15) is 0 Å². The third-order valence-electron chi connectivity index (χ3n) is 1.35. The predicted octanol–water partition coefficient (Wildman–Crippen LogP) is -0.464. The van der Waals surface area contributed by atoms with Crippen molar-refractivity contribution in [2.75, 3.05) is 11.1 Å². The van der Waals surface area contributed by atoms with Crippen molar-refractivity contribution in [1.29, 1.82) is 0 Å². The van der Waals surface area contributed by atoms with Crippen molar-refractivity contribution < 1.29 is 0 Å². The van der Waals surface area contributed by atoms with Crippen molar-refractivity contribution in [1.82, 2.24) is 15.0 Å². The summed E-state index contributed by atoms with van der Waals surface area (Å²) >= 11 is 1.96. The second-order valence-electron chi connectivity index (χ2n) is 2.18. The van der Waals surface area contributed by atoms with E-state index in [1.54, 1.807) is 0 Å². The fourth-order valence-corrected chi connectivity index (χ4v) is 1.39.